The van der Waals surface area contributed by atoms with Crippen LogP contribution in [0, 0.1) is 6.92 Å². The Bertz CT molecular complexity index is 1790. The lowest BCUT2D eigenvalue weighted by Gasteiger charge is -2.41. The highest BCUT2D eigenvalue weighted by molar-refractivity contribution is 6.38. The molecule has 7 N–H and O–H groups in total. The Morgan fingerprint density at radius 3 is 2.25 bits per heavy atom. The monoisotopic (exact) mass is 898 g/mol. The van der Waals surface area contributed by atoms with Gasteiger partial charge in [0.15, 0.2) is 12.0 Å². The molecule has 61 heavy (non-hydrogen) atoms. The molecule has 2 aromatic carbocycles. The van der Waals surface area contributed by atoms with Gasteiger partial charge in [0, 0.05) is 37.7 Å². The molecule has 19 heteroatoms. The van der Waals surface area contributed by atoms with Crippen molar-refractivity contribution in [1.29, 1.82) is 0 Å². The molecule has 1 heterocycles. The Hall–Kier alpha value is -4.23. The Kier molecular flexibility index (Phi) is 21.0. The molecule has 1 fully saturated rings. The highest BCUT2D eigenvalue weighted by Gasteiger charge is 2.45. The van der Waals surface area contributed by atoms with Crippen molar-refractivity contribution in [3.63, 3.8) is 0 Å². The van der Waals surface area contributed by atoms with E-state index >= 15 is 0 Å². The first-order valence-corrected chi connectivity index (χ1v) is 20.9. The Morgan fingerprint density at radius 1 is 0.918 bits per heavy atom. The van der Waals surface area contributed by atoms with Crippen molar-refractivity contribution in [2.45, 2.75) is 134 Å². The maximum atomic E-state index is 13.3. The highest BCUT2D eigenvalue weighted by Crippen LogP contribution is 2.38. The number of hydrogen-bond acceptors (Lipinski definition) is 13. The molecule has 0 aliphatic carbocycles. The zero-order chi connectivity index (χ0) is 45.3. The predicted molar refractivity (Wildman–Crippen MR) is 226 cm³/mol. The SMILES string of the molecule is COC(=O)[C@H](CCCCNC(=O)CCCCCCC(=O)Nc1cccc(COc2c(Cl)cc(C(=O)N[C@H]3[C@@H](OC)O[C@H](CO)[C@@H](O)[C@@H]3O)c(C)c2Cl)c1)NC(=O)OC(C)(C)C. The van der Waals surface area contributed by atoms with Gasteiger partial charge in [-0.05, 0) is 89.1 Å². The molecule has 0 aromatic heterocycles. The van der Waals surface area contributed by atoms with Gasteiger partial charge in [-0.15, -0.1) is 0 Å². The van der Waals surface area contributed by atoms with Gasteiger partial charge in [-0.2, -0.15) is 0 Å². The van der Waals surface area contributed by atoms with E-state index in [1.807, 2.05) is 0 Å². The summed E-state index contributed by atoms with van der Waals surface area (Å²) in [5.74, 6) is -1.34. The molecule has 0 spiro atoms. The van der Waals surface area contributed by atoms with Crippen LogP contribution in [0.2, 0.25) is 10.0 Å². The van der Waals surface area contributed by atoms with E-state index in [0.717, 1.165) is 12.8 Å². The molecule has 6 atom stereocenters. The summed E-state index contributed by atoms with van der Waals surface area (Å²) in [6, 6.07) is 6.42. The quantitative estimate of drug-likeness (QED) is 0.0628. The van der Waals surface area contributed by atoms with Crippen LogP contribution in [-0.2, 0) is 39.9 Å². The molecule has 17 nitrogen and oxygen atoms in total. The van der Waals surface area contributed by atoms with Crippen LogP contribution in [0.4, 0.5) is 10.5 Å². The van der Waals surface area contributed by atoms with Crippen molar-refractivity contribution in [2.75, 3.05) is 32.7 Å². The number of ether oxygens (including phenoxy) is 5. The standard InChI is InChI=1S/C42H60Cl2N4O13/c1-24-27(38(54)48-34-36(53)35(52)30(22-49)60-40(34)58-6)21-28(43)37(33(24)44)59-23-25-14-13-15-26(20-25)46-32(51)18-10-8-7-9-17-31(50)45-19-12-11-16-29(39(55)57-5)47-41(56)61-42(2,3)4/h13-15,20-21,29-30,34-36,40,49,52-53H,7-12,16-19,22-23H2,1-6H3,(H,45,50)(H,46,51)(H,47,56)(H,48,54)/t29-,30+,34+,35+,36+,40-/m0/s1. The Labute approximate surface area is 366 Å². The lowest BCUT2D eigenvalue weighted by molar-refractivity contribution is -0.261. The maximum Gasteiger partial charge on any atom is 0.408 e. The number of esters is 1. The zero-order valence-corrected chi connectivity index (χ0v) is 37.0. The van der Waals surface area contributed by atoms with Gasteiger partial charge in [-0.1, -0.05) is 48.2 Å². The number of methoxy groups -OCH3 is 2. The van der Waals surface area contributed by atoms with Gasteiger partial charge in [0.05, 0.1) is 23.8 Å². The molecule has 4 amide bonds. The number of amides is 4. The first-order chi connectivity index (χ1) is 28.9. The number of rotatable bonds is 22. The number of aliphatic hydroxyl groups is 3. The fourth-order valence-electron chi connectivity index (χ4n) is 6.40. The minimum atomic E-state index is -1.50. The second-order valence-corrected chi connectivity index (χ2v) is 16.4. The largest absolute Gasteiger partial charge is 0.486 e. The third kappa shape index (κ3) is 16.5. The molecule has 0 bridgehead atoms. The van der Waals surface area contributed by atoms with Gasteiger partial charge >= 0.3 is 12.1 Å². The van der Waals surface area contributed by atoms with Crippen molar-refractivity contribution >= 4 is 58.7 Å². The van der Waals surface area contributed by atoms with E-state index in [-0.39, 0.29) is 39.8 Å². The molecule has 3 rings (SSSR count). The van der Waals surface area contributed by atoms with Gasteiger partial charge in [-0.3, -0.25) is 14.4 Å². The number of nitrogens with one attached hydrogen (secondary N) is 4. The van der Waals surface area contributed by atoms with Crippen LogP contribution in [-0.4, -0.2) is 115 Å². The number of hydrogen-bond donors (Lipinski definition) is 7. The van der Waals surface area contributed by atoms with E-state index in [2.05, 4.69) is 21.3 Å². The molecule has 0 saturated carbocycles. The van der Waals surface area contributed by atoms with E-state index in [1.54, 1.807) is 52.0 Å². The van der Waals surface area contributed by atoms with Crippen molar-refractivity contribution in [3.05, 3.63) is 57.1 Å². The van der Waals surface area contributed by atoms with E-state index in [1.165, 1.54) is 20.3 Å². The van der Waals surface area contributed by atoms with Crippen molar-refractivity contribution in [1.82, 2.24) is 16.0 Å². The van der Waals surface area contributed by atoms with Gasteiger partial charge in [-0.25, -0.2) is 9.59 Å². The molecule has 1 aliphatic heterocycles. The lowest BCUT2D eigenvalue weighted by Crippen LogP contribution is -2.64. The van der Waals surface area contributed by atoms with Crippen LogP contribution in [0.15, 0.2) is 30.3 Å². The molecule has 0 unspecified atom stereocenters. The van der Waals surface area contributed by atoms with Crippen LogP contribution in [0.3, 0.4) is 0 Å². The molecule has 0 radical (unpaired) electrons. The molecule has 1 aliphatic rings. The average Bonchev–Trinajstić information content (AvgIpc) is 3.20. The summed E-state index contributed by atoms with van der Waals surface area (Å²) in [5, 5.41) is 41.4. The van der Waals surface area contributed by atoms with E-state index in [4.69, 9.17) is 46.9 Å². The van der Waals surface area contributed by atoms with Gasteiger partial charge < -0.3 is 60.3 Å². The number of benzene rings is 2. The van der Waals surface area contributed by atoms with Crippen LogP contribution >= 0.6 is 23.2 Å². The second-order valence-electron chi connectivity index (χ2n) is 15.6. The number of halogens is 2. The predicted octanol–water partition coefficient (Wildman–Crippen LogP) is 4.70. The maximum absolute atomic E-state index is 13.3. The first-order valence-electron chi connectivity index (χ1n) is 20.2. The van der Waals surface area contributed by atoms with Crippen molar-refractivity contribution in [2.24, 2.45) is 0 Å². The van der Waals surface area contributed by atoms with E-state index in [9.17, 15) is 39.3 Å². The summed E-state index contributed by atoms with van der Waals surface area (Å²) in [6.07, 6.45) is -0.882. The molecule has 2 aromatic rings. The van der Waals surface area contributed by atoms with E-state index < -0.39 is 66.9 Å². The summed E-state index contributed by atoms with van der Waals surface area (Å²) in [7, 11) is 2.55. The Morgan fingerprint density at radius 2 is 1.61 bits per heavy atom. The first kappa shape index (κ1) is 51.1. The van der Waals surface area contributed by atoms with Crippen molar-refractivity contribution < 1.29 is 63.0 Å². The average molecular weight is 900 g/mol. The second kappa shape index (κ2) is 25.0. The zero-order valence-electron chi connectivity index (χ0n) is 35.5. The molecular weight excluding hydrogens is 839 g/mol. The third-order valence-electron chi connectivity index (χ3n) is 9.65. The number of unbranched alkanes of at least 4 members (excludes halogenated alkanes) is 4. The molecule has 340 valence electrons. The summed E-state index contributed by atoms with van der Waals surface area (Å²) >= 11 is 13.1. The van der Waals surface area contributed by atoms with Crippen LogP contribution in [0.25, 0.3) is 0 Å². The minimum absolute atomic E-state index is 0.0376. The number of anilines is 1. The molecular formula is C42H60Cl2N4O13. The number of alkyl carbamates (subject to hydrolysis) is 1. The van der Waals surface area contributed by atoms with E-state index in [0.29, 0.717) is 68.3 Å². The normalized spacial score (nSPS) is 19.3. The number of carbonyl (C=O) groups is 5. The summed E-state index contributed by atoms with van der Waals surface area (Å²) in [4.78, 5) is 62.4. The summed E-state index contributed by atoms with van der Waals surface area (Å²) in [5.41, 5.74) is 0.999. The third-order valence-corrected chi connectivity index (χ3v) is 10.4. The number of aliphatic hydroxyl groups excluding tert-OH is 3. The van der Waals surface area contributed by atoms with Crippen LogP contribution < -0.4 is 26.0 Å². The van der Waals surface area contributed by atoms with Crippen LogP contribution in [0.5, 0.6) is 5.75 Å². The summed E-state index contributed by atoms with van der Waals surface area (Å²) in [6.45, 7) is 6.68. The smallest absolute Gasteiger partial charge is 0.408 e. The summed E-state index contributed by atoms with van der Waals surface area (Å²) < 4.78 is 26.6. The van der Waals surface area contributed by atoms with Gasteiger partial charge in [0.25, 0.3) is 5.91 Å². The topological polar surface area (TPSA) is 240 Å². The van der Waals surface area contributed by atoms with Gasteiger partial charge in [0.2, 0.25) is 11.8 Å². The highest BCUT2D eigenvalue weighted by atomic mass is 35.5. The fraction of sp³-hybridized carbons (Fsp3) is 0.595. The van der Waals surface area contributed by atoms with Gasteiger partial charge in [0.1, 0.15) is 42.6 Å². The fourth-order valence-corrected chi connectivity index (χ4v) is 6.97. The number of carbonyl (C=O) groups excluding carboxylic acids is 5. The Balaban J connectivity index is 1.37. The van der Waals surface area contributed by atoms with Crippen molar-refractivity contribution in [3.8, 4) is 5.75 Å². The lowest BCUT2D eigenvalue weighted by atomic mass is 9.96. The molecule has 1 saturated heterocycles. The minimum Gasteiger partial charge on any atom is -0.486 e. The van der Waals surface area contributed by atoms with Crippen LogP contribution in [0.1, 0.15) is 100 Å².